The minimum Gasteiger partial charge on any atom is -0.388 e. The van der Waals surface area contributed by atoms with E-state index in [0.29, 0.717) is 11.7 Å². The van der Waals surface area contributed by atoms with Crippen molar-refractivity contribution in [1.29, 1.82) is 0 Å². The first-order chi connectivity index (χ1) is 10.6. The Kier molecular flexibility index (Phi) is 5.41. The Morgan fingerprint density at radius 2 is 2.17 bits per heavy atom. The molecule has 2 aliphatic rings. The second-order valence-corrected chi connectivity index (χ2v) is 11.2. The molecule has 0 radical (unpaired) electrons. The molecule has 0 saturated carbocycles. The molecular formula is C16H28N3O3P. The van der Waals surface area contributed by atoms with Gasteiger partial charge in [-0.2, -0.15) is 0 Å². The van der Waals surface area contributed by atoms with Gasteiger partial charge in [-0.3, -0.25) is 0 Å². The molecule has 0 aromatic carbocycles. The summed E-state index contributed by atoms with van der Waals surface area (Å²) in [6.07, 6.45) is 5.86. The van der Waals surface area contributed by atoms with Crippen molar-refractivity contribution in [1.82, 2.24) is 4.90 Å². The van der Waals surface area contributed by atoms with Gasteiger partial charge in [-0.15, -0.1) is 13.2 Å². The summed E-state index contributed by atoms with van der Waals surface area (Å²) < 4.78 is 11.6. The lowest BCUT2D eigenvalue weighted by Gasteiger charge is -2.32. The zero-order valence-corrected chi connectivity index (χ0v) is 15.3. The van der Waals surface area contributed by atoms with Crippen molar-refractivity contribution < 1.29 is 14.6 Å². The van der Waals surface area contributed by atoms with E-state index >= 15 is 0 Å². The second kappa shape index (κ2) is 6.81. The van der Waals surface area contributed by atoms with Gasteiger partial charge in [0.2, 0.25) is 0 Å². The molecule has 1 fully saturated rings. The van der Waals surface area contributed by atoms with Crippen LogP contribution in [0.5, 0.6) is 0 Å². The summed E-state index contributed by atoms with van der Waals surface area (Å²) in [5.41, 5.74) is 6.65. The van der Waals surface area contributed by atoms with Crippen LogP contribution in [0, 0.1) is 0 Å². The van der Waals surface area contributed by atoms with Crippen LogP contribution in [-0.2, 0) is 9.47 Å². The summed E-state index contributed by atoms with van der Waals surface area (Å²) in [6, 6.07) is 0. The predicted octanol–water partition coefficient (Wildman–Crippen LogP) is 1.23. The summed E-state index contributed by atoms with van der Waals surface area (Å²) >= 11 is 0. The lowest BCUT2D eigenvalue weighted by atomic mass is 10.1. The van der Waals surface area contributed by atoms with E-state index in [4.69, 9.17) is 15.2 Å². The highest BCUT2D eigenvalue weighted by Gasteiger charge is 2.47. The molecule has 0 bridgehead atoms. The Bertz CT molecular complexity index is 581. The van der Waals surface area contributed by atoms with Gasteiger partial charge in [0.05, 0.1) is 6.10 Å². The van der Waals surface area contributed by atoms with Gasteiger partial charge in [0.1, 0.15) is 23.9 Å². The number of aliphatic hydroxyl groups is 1. The zero-order chi connectivity index (χ0) is 17.4. The van der Waals surface area contributed by atoms with Crippen molar-refractivity contribution in [2.75, 3.05) is 26.6 Å². The monoisotopic (exact) mass is 341 g/mol. The number of nitrogens with zero attached hydrogens (tertiary/aromatic N) is 2. The van der Waals surface area contributed by atoms with Crippen LogP contribution >= 0.6 is 6.89 Å². The van der Waals surface area contributed by atoms with Crippen LogP contribution in [-0.4, -0.2) is 73.3 Å². The number of rotatable bonds is 5. The summed E-state index contributed by atoms with van der Waals surface area (Å²) in [7, 11) is 1.58. The fourth-order valence-corrected chi connectivity index (χ4v) is 3.72. The van der Waals surface area contributed by atoms with Crippen LogP contribution in [0.25, 0.3) is 0 Å². The molecule has 0 unspecified atom stereocenters. The van der Waals surface area contributed by atoms with Crippen molar-refractivity contribution in [3.05, 3.63) is 24.2 Å². The topological polar surface area (TPSA) is 80.3 Å². The Morgan fingerprint density at radius 3 is 2.74 bits per heavy atom. The van der Waals surface area contributed by atoms with Crippen molar-refractivity contribution >= 4 is 19.0 Å². The number of ether oxygens (including phenoxy) is 2. The van der Waals surface area contributed by atoms with Gasteiger partial charge in [-0.25, -0.2) is 4.99 Å². The number of amidine groups is 1. The highest BCUT2D eigenvalue weighted by molar-refractivity contribution is 7.72. The molecule has 2 heterocycles. The Morgan fingerprint density at radius 1 is 1.52 bits per heavy atom. The van der Waals surface area contributed by atoms with Gasteiger partial charge in [0.15, 0.2) is 6.23 Å². The van der Waals surface area contributed by atoms with Gasteiger partial charge in [-0.1, -0.05) is 6.58 Å². The number of methoxy groups -OCH3 is 1. The first-order valence-corrected chi connectivity index (χ1v) is 10.7. The minimum absolute atomic E-state index is 0.282. The molecule has 2 aliphatic heterocycles. The Hall–Kier alpha value is -1.07. The SMILES string of the molecule is C=C1N=C(N)C(C)=CN1[C@@H]1O[C@H](CCP(=C)(C)C)[C@@H](O)[C@H]1OC. The van der Waals surface area contributed by atoms with Crippen LogP contribution in [0.15, 0.2) is 29.2 Å². The molecule has 7 heteroatoms. The van der Waals surface area contributed by atoms with Crippen molar-refractivity contribution in [3.63, 3.8) is 0 Å². The van der Waals surface area contributed by atoms with E-state index in [0.717, 1.165) is 18.2 Å². The van der Waals surface area contributed by atoms with Crippen LogP contribution in [0.4, 0.5) is 0 Å². The molecule has 6 nitrogen and oxygen atoms in total. The third kappa shape index (κ3) is 4.07. The van der Waals surface area contributed by atoms with E-state index in [9.17, 15) is 5.11 Å². The zero-order valence-electron chi connectivity index (χ0n) is 14.4. The first-order valence-electron chi connectivity index (χ1n) is 7.68. The molecule has 3 N–H and O–H groups in total. The second-order valence-electron chi connectivity index (χ2n) is 6.84. The van der Waals surface area contributed by atoms with Crippen LogP contribution in [0.3, 0.4) is 0 Å². The molecular weight excluding hydrogens is 313 g/mol. The van der Waals surface area contributed by atoms with Gasteiger partial charge in [0, 0.05) is 18.9 Å². The Labute approximate surface area is 138 Å². The maximum absolute atomic E-state index is 10.6. The van der Waals surface area contributed by atoms with Gasteiger partial charge >= 0.3 is 0 Å². The molecule has 2 rings (SSSR count). The molecule has 0 spiro atoms. The minimum atomic E-state index is -1.17. The average molecular weight is 341 g/mol. The number of hydrogen-bond donors (Lipinski definition) is 2. The molecule has 0 amide bonds. The number of nitrogens with two attached hydrogens (primary N) is 1. The lowest BCUT2D eigenvalue weighted by molar-refractivity contribution is -0.0700. The number of aliphatic hydroxyl groups excluding tert-OH is 1. The van der Waals surface area contributed by atoms with Crippen molar-refractivity contribution in [2.45, 2.75) is 37.9 Å². The van der Waals surface area contributed by atoms with E-state index in [1.54, 1.807) is 12.0 Å². The van der Waals surface area contributed by atoms with Crippen LogP contribution < -0.4 is 5.73 Å². The molecule has 1 saturated heterocycles. The van der Waals surface area contributed by atoms with Crippen LogP contribution in [0.1, 0.15) is 13.3 Å². The normalized spacial score (nSPS) is 32.0. The summed E-state index contributed by atoms with van der Waals surface area (Å²) in [4.78, 5) is 6.01. The molecule has 0 aromatic heterocycles. The van der Waals surface area contributed by atoms with E-state index in [1.165, 1.54) is 0 Å². The van der Waals surface area contributed by atoms with Gasteiger partial charge in [0.25, 0.3) is 0 Å². The predicted molar refractivity (Wildman–Crippen MR) is 97.2 cm³/mol. The third-order valence-corrected chi connectivity index (χ3v) is 5.63. The van der Waals surface area contributed by atoms with E-state index in [1.807, 2.05) is 13.1 Å². The number of aliphatic imine (C=N–C) groups is 1. The highest BCUT2D eigenvalue weighted by Crippen LogP contribution is 2.39. The van der Waals surface area contributed by atoms with E-state index in [2.05, 4.69) is 31.2 Å². The van der Waals surface area contributed by atoms with Crippen LogP contribution in [0.2, 0.25) is 0 Å². The van der Waals surface area contributed by atoms with E-state index < -0.39 is 25.3 Å². The van der Waals surface area contributed by atoms with Gasteiger partial charge < -0.3 is 25.2 Å². The molecule has 0 aromatic rings. The number of hydrogen-bond acceptors (Lipinski definition) is 6. The molecule has 130 valence electrons. The largest absolute Gasteiger partial charge is 0.388 e. The van der Waals surface area contributed by atoms with Crippen molar-refractivity contribution in [3.8, 4) is 0 Å². The summed E-state index contributed by atoms with van der Waals surface area (Å²) in [5, 5.41) is 10.6. The fourth-order valence-electron chi connectivity index (χ4n) is 2.77. The fraction of sp³-hybridized carbons (Fsp3) is 0.625. The van der Waals surface area contributed by atoms with Gasteiger partial charge in [-0.05, 0) is 32.8 Å². The smallest absolute Gasteiger partial charge is 0.164 e. The van der Waals surface area contributed by atoms with Crippen molar-refractivity contribution in [2.24, 2.45) is 10.7 Å². The average Bonchev–Trinajstić information content (AvgIpc) is 2.76. The molecule has 4 atom stereocenters. The lowest BCUT2D eigenvalue weighted by Crippen LogP contribution is -2.43. The quantitative estimate of drug-likeness (QED) is 0.736. The highest BCUT2D eigenvalue weighted by atomic mass is 31.2. The summed E-state index contributed by atoms with van der Waals surface area (Å²) in [5.74, 6) is 0.928. The maximum Gasteiger partial charge on any atom is 0.164 e. The Balaban J connectivity index is 2.16. The van der Waals surface area contributed by atoms with E-state index in [-0.39, 0.29) is 6.10 Å². The molecule has 0 aliphatic carbocycles. The maximum atomic E-state index is 10.6. The summed E-state index contributed by atoms with van der Waals surface area (Å²) in [6.45, 7) is 8.98. The third-order valence-electron chi connectivity index (χ3n) is 4.16. The first kappa shape index (κ1) is 18.3. The standard InChI is InChI=1S/C16H28N3O3P/c1-10-9-19(11(2)18-15(10)17)16-14(21-3)13(20)12(22-16)7-8-23(4,5)6/h9,12-14,16,20H,2,4,7-8H2,1,3,5-6H3,(H2,17,18)/t12-,13-,14-,16-/m1/s1. The molecule has 23 heavy (non-hydrogen) atoms.